The number of thiocarbonyl (C=S) groups is 1. The van der Waals surface area contributed by atoms with Crippen molar-refractivity contribution >= 4 is 49.8 Å². The fourth-order valence-electron chi connectivity index (χ4n) is 1.54. The first-order valence-corrected chi connectivity index (χ1v) is 6.92. The van der Waals surface area contributed by atoms with Gasteiger partial charge in [0.05, 0.1) is 28.2 Å². The highest BCUT2D eigenvalue weighted by Gasteiger charge is 2.09. The number of nitrogens with two attached hydrogens (primary N) is 1. The van der Waals surface area contributed by atoms with Crippen molar-refractivity contribution in [2.75, 3.05) is 11.9 Å². The average Bonchev–Trinajstić information content (AvgIpc) is 2.69. The number of nitrogens with zero attached hydrogens (tertiary/aromatic N) is 1. The maximum absolute atomic E-state index is 11.5. The zero-order valence-corrected chi connectivity index (χ0v) is 11.9. The van der Waals surface area contributed by atoms with Crippen molar-refractivity contribution in [3.05, 3.63) is 18.2 Å². The summed E-state index contributed by atoms with van der Waals surface area (Å²) in [4.78, 5) is 16.0. The van der Waals surface area contributed by atoms with E-state index in [1.165, 1.54) is 11.3 Å². The van der Waals surface area contributed by atoms with E-state index in [-0.39, 0.29) is 17.3 Å². The third-order valence-corrected chi connectivity index (χ3v) is 3.33. The molecule has 0 atom stereocenters. The summed E-state index contributed by atoms with van der Waals surface area (Å²) in [6.45, 7) is 2.54. The van der Waals surface area contributed by atoms with Crippen molar-refractivity contribution in [1.29, 1.82) is 0 Å². The van der Waals surface area contributed by atoms with Crippen LogP contribution in [0.1, 0.15) is 13.3 Å². The minimum absolute atomic E-state index is 0.0233. The first-order valence-electron chi connectivity index (χ1n) is 5.70. The Balaban J connectivity index is 2.17. The van der Waals surface area contributed by atoms with Crippen molar-refractivity contribution in [1.82, 2.24) is 4.98 Å². The van der Waals surface area contributed by atoms with Gasteiger partial charge in [-0.15, -0.1) is 0 Å². The number of hydrogen-bond donors (Lipinski definition) is 2. The van der Waals surface area contributed by atoms with Crippen LogP contribution >= 0.6 is 23.6 Å². The molecule has 2 rings (SSSR count). The van der Waals surface area contributed by atoms with Gasteiger partial charge in [0.2, 0.25) is 5.91 Å². The van der Waals surface area contributed by atoms with Gasteiger partial charge < -0.3 is 15.8 Å². The molecule has 0 unspecified atom stereocenters. The third-order valence-electron chi connectivity index (χ3n) is 2.25. The molecular weight excluding hydrogens is 282 g/mol. The lowest BCUT2D eigenvalue weighted by atomic mass is 10.3. The minimum Gasteiger partial charge on any atom is -0.494 e. The molecule has 0 aliphatic carbocycles. The summed E-state index contributed by atoms with van der Waals surface area (Å²) in [7, 11) is 0. The number of amides is 1. The van der Waals surface area contributed by atoms with E-state index in [0.717, 1.165) is 16.0 Å². The summed E-state index contributed by atoms with van der Waals surface area (Å²) in [5, 5.41) is 3.21. The highest BCUT2D eigenvalue weighted by Crippen LogP contribution is 2.29. The lowest BCUT2D eigenvalue weighted by molar-refractivity contribution is -0.115. The van der Waals surface area contributed by atoms with Gasteiger partial charge in [-0.1, -0.05) is 23.6 Å². The molecule has 0 saturated carbocycles. The molecule has 7 heteroatoms. The zero-order chi connectivity index (χ0) is 13.8. The molecule has 0 aliphatic heterocycles. The largest absolute Gasteiger partial charge is 0.494 e. The molecule has 100 valence electrons. The average molecular weight is 295 g/mol. The minimum atomic E-state index is -0.253. The van der Waals surface area contributed by atoms with Crippen molar-refractivity contribution in [2.24, 2.45) is 5.73 Å². The quantitative estimate of drug-likeness (QED) is 0.828. The SMILES string of the molecule is CCOc1ccc2nc(NC(=O)CC(N)=S)sc2c1. The Bertz CT molecular complexity index is 624. The molecule has 3 N–H and O–H groups in total. The Labute approximate surface area is 119 Å². The number of thiazole rings is 1. The van der Waals surface area contributed by atoms with Gasteiger partial charge >= 0.3 is 0 Å². The third kappa shape index (κ3) is 3.62. The van der Waals surface area contributed by atoms with Gasteiger partial charge in [-0.25, -0.2) is 4.98 Å². The van der Waals surface area contributed by atoms with Crippen LogP contribution in [0.15, 0.2) is 18.2 Å². The summed E-state index contributed by atoms with van der Waals surface area (Å²) in [5.74, 6) is 0.538. The highest BCUT2D eigenvalue weighted by atomic mass is 32.1. The Kier molecular flexibility index (Phi) is 4.28. The number of benzene rings is 1. The van der Waals surface area contributed by atoms with Crippen LogP contribution in [0, 0.1) is 0 Å². The summed E-state index contributed by atoms with van der Waals surface area (Å²) in [5.41, 5.74) is 6.13. The van der Waals surface area contributed by atoms with Crippen LogP contribution in [0.3, 0.4) is 0 Å². The second kappa shape index (κ2) is 5.94. The van der Waals surface area contributed by atoms with Gasteiger partial charge in [0, 0.05) is 0 Å². The van der Waals surface area contributed by atoms with Gasteiger partial charge in [0.1, 0.15) is 5.75 Å². The second-order valence-electron chi connectivity index (χ2n) is 3.77. The van der Waals surface area contributed by atoms with E-state index in [4.69, 9.17) is 10.5 Å². The summed E-state index contributed by atoms with van der Waals surface area (Å²) in [6, 6.07) is 5.62. The molecule has 1 amide bonds. The van der Waals surface area contributed by atoms with E-state index in [1.807, 2.05) is 25.1 Å². The van der Waals surface area contributed by atoms with Crippen LogP contribution in [0.5, 0.6) is 5.75 Å². The van der Waals surface area contributed by atoms with Crippen molar-refractivity contribution in [3.8, 4) is 5.75 Å². The maximum Gasteiger partial charge on any atom is 0.232 e. The predicted molar refractivity (Wildman–Crippen MR) is 80.8 cm³/mol. The monoisotopic (exact) mass is 295 g/mol. The molecule has 19 heavy (non-hydrogen) atoms. The van der Waals surface area contributed by atoms with Crippen LogP contribution in [0.25, 0.3) is 10.2 Å². The van der Waals surface area contributed by atoms with Crippen LogP contribution in [0.2, 0.25) is 0 Å². The van der Waals surface area contributed by atoms with Crippen molar-refractivity contribution < 1.29 is 9.53 Å². The number of anilines is 1. The van der Waals surface area contributed by atoms with Crippen molar-refractivity contribution in [3.63, 3.8) is 0 Å². The number of rotatable bonds is 5. The number of nitrogens with one attached hydrogen (secondary N) is 1. The van der Waals surface area contributed by atoms with Gasteiger partial charge in [-0.3, -0.25) is 4.79 Å². The molecule has 0 aliphatic rings. The molecule has 0 radical (unpaired) electrons. The van der Waals surface area contributed by atoms with Gasteiger partial charge in [-0.05, 0) is 25.1 Å². The Morgan fingerprint density at radius 3 is 3.05 bits per heavy atom. The lowest BCUT2D eigenvalue weighted by Crippen LogP contribution is -2.19. The molecule has 0 bridgehead atoms. The number of ether oxygens (including phenoxy) is 1. The molecule has 1 heterocycles. The number of hydrogen-bond acceptors (Lipinski definition) is 5. The van der Waals surface area contributed by atoms with Crippen LogP contribution in [-0.2, 0) is 4.79 Å². The Hall–Kier alpha value is -1.73. The van der Waals surface area contributed by atoms with Gasteiger partial charge in [0.25, 0.3) is 0 Å². The molecule has 5 nitrogen and oxygen atoms in total. The van der Waals surface area contributed by atoms with Gasteiger partial charge in [-0.2, -0.15) is 0 Å². The van der Waals surface area contributed by atoms with E-state index in [9.17, 15) is 4.79 Å². The Morgan fingerprint density at radius 2 is 2.37 bits per heavy atom. The topological polar surface area (TPSA) is 77.2 Å². The highest BCUT2D eigenvalue weighted by molar-refractivity contribution is 7.80. The standard InChI is InChI=1S/C12H13N3O2S2/c1-2-17-7-3-4-8-9(5-7)19-12(14-8)15-11(16)6-10(13)18/h3-5H,2,6H2,1H3,(H2,13,18)(H,14,15,16). The molecule has 1 aromatic heterocycles. The smallest absolute Gasteiger partial charge is 0.232 e. The predicted octanol–water partition coefficient (Wildman–Crippen LogP) is 2.31. The summed E-state index contributed by atoms with van der Waals surface area (Å²) >= 11 is 6.07. The number of carbonyl (C=O) groups excluding carboxylic acids is 1. The molecule has 0 fully saturated rings. The maximum atomic E-state index is 11.5. The first-order chi connectivity index (χ1) is 9.08. The molecule has 0 saturated heterocycles. The molecule has 1 aromatic carbocycles. The number of carbonyl (C=O) groups is 1. The van der Waals surface area contributed by atoms with Crippen LogP contribution < -0.4 is 15.8 Å². The summed E-state index contributed by atoms with van der Waals surface area (Å²) < 4.78 is 6.37. The van der Waals surface area contributed by atoms with E-state index >= 15 is 0 Å². The number of aromatic nitrogens is 1. The first kappa shape index (κ1) is 13.7. The van der Waals surface area contributed by atoms with Crippen LogP contribution in [-0.4, -0.2) is 22.5 Å². The van der Waals surface area contributed by atoms with E-state index < -0.39 is 0 Å². The summed E-state index contributed by atoms with van der Waals surface area (Å²) in [6.07, 6.45) is 0.0233. The zero-order valence-electron chi connectivity index (χ0n) is 10.3. The van der Waals surface area contributed by atoms with Gasteiger partial charge in [0.15, 0.2) is 5.13 Å². The van der Waals surface area contributed by atoms with E-state index in [0.29, 0.717) is 11.7 Å². The van der Waals surface area contributed by atoms with Crippen molar-refractivity contribution in [2.45, 2.75) is 13.3 Å². The molecule has 2 aromatic rings. The van der Waals surface area contributed by atoms with E-state index in [2.05, 4.69) is 22.5 Å². The van der Waals surface area contributed by atoms with E-state index in [1.54, 1.807) is 0 Å². The molecular formula is C12H13N3O2S2. The lowest BCUT2D eigenvalue weighted by Gasteiger charge is -2.00. The number of fused-ring (bicyclic) bond motifs is 1. The fraction of sp³-hybridized carbons (Fsp3) is 0.250. The van der Waals surface area contributed by atoms with Crippen LogP contribution in [0.4, 0.5) is 5.13 Å². The normalized spacial score (nSPS) is 10.4. The fourth-order valence-corrected chi connectivity index (χ4v) is 2.58. The molecule has 0 spiro atoms. The Morgan fingerprint density at radius 1 is 1.58 bits per heavy atom. The second-order valence-corrected chi connectivity index (χ2v) is 5.33.